The van der Waals surface area contributed by atoms with Gasteiger partial charge in [0.25, 0.3) is 0 Å². The lowest BCUT2D eigenvalue weighted by atomic mass is 9.59. The quantitative estimate of drug-likeness (QED) is 0.743. The maximum atomic E-state index is 11.7. The van der Waals surface area contributed by atoms with Crippen molar-refractivity contribution >= 4 is 11.8 Å². The summed E-state index contributed by atoms with van der Waals surface area (Å²) in [6.07, 6.45) is 4.11. The van der Waals surface area contributed by atoms with Crippen LogP contribution in [-0.4, -0.2) is 11.8 Å². The van der Waals surface area contributed by atoms with Crippen LogP contribution in [0.15, 0.2) is 6.08 Å². The van der Waals surface area contributed by atoms with Gasteiger partial charge in [0.15, 0.2) is 0 Å². The summed E-state index contributed by atoms with van der Waals surface area (Å²) in [6, 6.07) is 0. The van der Waals surface area contributed by atoms with Crippen molar-refractivity contribution in [2.24, 2.45) is 28.9 Å². The summed E-state index contributed by atoms with van der Waals surface area (Å²) in [5.41, 5.74) is 4.76. The van der Waals surface area contributed by atoms with Crippen molar-refractivity contribution in [2.45, 2.75) is 40.0 Å². The van der Waals surface area contributed by atoms with E-state index in [-0.39, 0.29) is 11.8 Å². The Morgan fingerprint density at radius 3 is 2.56 bits per heavy atom. The maximum Gasteiger partial charge on any atom is 0.228 e. The van der Waals surface area contributed by atoms with Gasteiger partial charge in [-0.3, -0.25) is 4.79 Å². The Labute approximate surface area is 97.1 Å². The van der Waals surface area contributed by atoms with Gasteiger partial charge in [0, 0.05) is 6.08 Å². The van der Waals surface area contributed by atoms with Gasteiger partial charge in [0.05, 0.1) is 5.41 Å². The zero-order valence-corrected chi connectivity index (χ0v) is 10.3. The second kappa shape index (κ2) is 4.84. The summed E-state index contributed by atoms with van der Waals surface area (Å²) in [7, 11) is 0. The smallest absolute Gasteiger partial charge is 0.228 e. The minimum absolute atomic E-state index is 0.169. The van der Waals surface area contributed by atoms with Gasteiger partial charge in [-0.05, 0) is 30.6 Å². The molecule has 0 spiro atoms. The molecule has 0 aromatic carbocycles. The second-order valence-corrected chi connectivity index (χ2v) is 5.40. The molecule has 0 saturated heterocycles. The Balaban J connectivity index is 3.15. The molecule has 90 valence electrons. The van der Waals surface area contributed by atoms with Crippen molar-refractivity contribution in [3.05, 3.63) is 6.08 Å². The third kappa shape index (κ3) is 2.19. The molecule has 16 heavy (non-hydrogen) atoms. The summed E-state index contributed by atoms with van der Waals surface area (Å²) in [5.74, 6) is 2.37. The van der Waals surface area contributed by atoms with E-state index in [1.54, 1.807) is 5.94 Å². The van der Waals surface area contributed by atoms with Crippen LogP contribution in [0.3, 0.4) is 0 Å². The van der Waals surface area contributed by atoms with Gasteiger partial charge in [0.2, 0.25) is 5.91 Å². The number of nitrogens with two attached hydrogens (primary N) is 1. The molecule has 3 heteroatoms. The molecule has 3 nitrogen and oxygen atoms in total. The van der Waals surface area contributed by atoms with Crippen LogP contribution >= 0.6 is 0 Å². The van der Waals surface area contributed by atoms with Crippen LogP contribution < -0.4 is 5.73 Å². The molecular weight excluding hydrogens is 202 g/mol. The standard InChI is InChI=1S/C13H21NO2/c1-9(2)11-5-4-10(3)8-13(11,6-7-15)12(14)16/h6,9-11H,4-5,8H2,1-3H3,(H2,14,16)/t10-,11+,13+/m1/s1. The lowest BCUT2D eigenvalue weighted by molar-refractivity contribution is -0.131. The van der Waals surface area contributed by atoms with Gasteiger partial charge in [-0.1, -0.05) is 27.2 Å². The van der Waals surface area contributed by atoms with Crippen molar-refractivity contribution in [1.29, 1.82) is 0 Å². The molecule has 1 rings (SSSR count). The minimum atomic E-state index is -0.770. The number of carbonyl (C=O) groups excluding carboxylic acids is 2. The molecule has 0 bridgehead atoms. The Morgan fingerprint density at radius 1 is 1.50 bits per heavy atom. The topological polar surface area (TPSA) is 60.2 Å². The molecule has 0 aromatic heterocycles. The molecule has 0 aromatic rings. The van der Waals surface area contributed by atoms with E-state index in [1.165, 1.54) is 6.08 Å². The van der Waals surface area contributed by atoms with E-state index in [0.29, 0.717) is 18.3 Å². The zero-order chi connectivity index (χ0) is 12.3. The number of primary amides is 1. The van der Waals surface area contributed by atoms with Crippen LogP contribution in [0.25, 0.3) is 0 Å². The number of hydrogen-bond acceptors (Lipinski definition) is 2. The van der Waals surface area contributed by atoms with E-state index in [2.05, 4.69) is 20.8 Å². The second-order valence-electron chi connectivity index (χ2n) is 5.40. The van der Waals surface area contributed by atoms with Crippen molar-refractivity contribution in [3.63, 3.8) is 0 Å². The van der Waals surface area contributed by atoms with Gasteiger partial charge in [0.1, 0.15) is 5.94 Å². The number of amides is 1. The van der Waals surface area contributed by atoms with Crippen molar-refractivity contribution in [2.75, 3.05) is 0 Å². The minimum Gasteiger partial charge on any atom is -0.369 e. The first-order chi connectivity index (χ1) is 7.44. The molecular formula is C13H21NO2. The first-order valence-electron chi connectivity index (χ1n) is 5.96. The average Bonchev–Trinajstić information content (AvgIpc) is 2.17. The van der Waals surface area contributed by atoms with Gasteiger partial charge in [-0.25, -0.2) is 4.79 Å². The largest absolute Gasteiger partial charge is 0.369 e. The predicted octanol–water partition coefficient (Wildman–Crippen LogP) is 1.94. The number of rotatable bonds is 3. The van der Waals surface area contributed by atoms with Crippen molar-refractivity contribution in [3.8, 4) is 0 Å². The summed E-state index contributed by atoms with van der Waals surface area (Å²) < 4.78 is 0. The fraction of sp³-hybridized carbons (Fsp3) is 0.769. The maximum absolute atomic E-state index is 11.7. The van der Waals surface area contributed by atoms with E-state index in [0.717, 1.165) is 12.8 Å². The highest BCUT2D eigenvalue weighted by Crippen LogP contribution is 2.47. The summed E-state index contributed by atoms with van der Waals surface area (Å²) >= 11 is 0. The zero-order valence-electron chi connectivity index (χ0n) is 10.3. The van der Waals surface area contributed by atoms with Gasteiger partial charge >= 0.3 is 0 Å². The molecule has 1 aliphatic carbocycles. The molecule has 0 radical (unpaired) electrons. The van der Waals surface area contributed by atoms with Gasteiger partial charge < -0.3 is 5.73 Å². The first-order valence-corrected chi connectivity index (χ1v) is 5.96. The highest BCUT2D eigenvalue weighted by molar-refractivity contribution is 5.85. The van der Waals surface area contributed by atoms with E-state index < -0.39 is 5.41 Å². The summed E-state index contributed by atoms with van der Waals surface area (Å²) in [4.78, 5) is 22.4. The SMILES string of the molecule is CC(C)[C@@H]1CC[C@@H](C)C[C@]1(C=C=O)C(N)=O. The Kier molecular flexibility index (Phi) is 3.93. The highest BCUT2D eigenvalue weighted by atomic mass is 16.1. The van der Waals surface area contributed by atoms with Crippen LogP contribution in [-0.2, 0) is 9.59 Å². The number of hydrogen-bond donors (Lipinski definition) is 1. The Hall–Kier alpha value is -1.08. The lowest BCUT2D eigenvalue weighted by Gasteiger charge is -2.43. The van der Waals surface area contributed by atoms with Gasteiger partial charge in [-0.15, -0.1) is 0 Å². The van der Waals surface area contributed by atoms with E-state index in [1.807, 2.05) is 0 Å². The summed E-state index contributed by atoms with van der Waals surface area (Å²) in [5, 5.41) is 0. The van der Waals surface area contributed by atoms with Crippen LogP contribution in [0.4, 0.5) is 0 Å². The Morgan fingerprint density at radius 2 is 2.12 bits per heavy atom. The van der Waals surface area contributed by atoms with Crippen LogP contribution in [0.2, 0.25) is 0 Å². The molecule has 1 fully saturated rings. The monoisotopic (exact) mass is 223 g/mol. The summed E-state index contributed by atoms with van der Waals surface area (Å²) in [6.45, 7) is 6.26. The van der Waals surface area contributed by atoms with Crippen LogP contribution in [0.1, 0.15) is 40.0 Å². The predicted molar refractivity (Wildman–Crippen MR) is 63.2 cm³/mol. The van der Waals surface area contributed by atoms with Crippen molar-refractivity contribution < 1.29 is 9.59 Å². The normalized spacial score (nSPS) is 34.5. The highest BCUT2D eigenvalue weighted by Gasteiger charge is 2.47. The fourth-order valence-corrected chi connectivity index (χ4v) is 3.11. The first kappa shape index (κ1) is 13.0. The fourth-order valence-electron chi connectivity index (χ4n) is 3.11. The van der Waals surface area contributed by atoms with Gasteiger partial charge in [-0.2, -0.15) is 0 Å². The molecule has 0 unspecified atom stereocenters. The molecule has 1 aliphatic rings. The van der Waals surface area contributed by atoms with E-state index >= 15 is 0 Å². The van der Waals surface area contributed by atoms with Crippen molar-refractivity contribution in [1.82, 2.24) is 0 Å². The molecule has 0 heterocycles. The average molecular weight is 223 g/mol. The third-order valence-electron chi connectivity index (χ3n) is 3.90. The molecule has 1 amide bonds. The molecule has 2 N–H and O–H groups in total. The number of carbonyl (C=O) groups is 1. The van der Waals surface area contributed by atoms with E-state index in [9.17, 15) is 9.59 Å². The van der Waals surface area contributed by atoms with E-state index in [4.69, 9.17) is 5.73 Å². The molecule has 1 saturated carbocycles. The molecule has 0 aliphatic heterocycles. The lowest BCUT2D eigenvalue weighted by Crippen LogP contribution is -2.47. The van der Waals surface area contributed by atoms with Crippen LogP contribution in [0.5, 0.6) is 0 Å². The third-order valence-corrected chi connectivity index (χ3v) is 3.90. The Bertz CT molecular complexity index is 314. The molecule has 3 atom stereocenters. The van der Waals surface area contributed by atoms with Crippen LogP contribution in [0, 0.1) is 23.2 Å².